The third-order valence-corrected chi connectivity index (χ3v) is 6.92. The summed E-state index contributed by atoms with van der Waals surface area (Å²) in [4.78, 5) is 54.1. The van der Waals surface area contributed by atoms with Gasteiger partial charge in [-0.05, 0) is 50.3 Å². The molecular formula is C27H42N6O6. The lowest BCUT2D eigenvalue weighted by Gasteiger charge is -2.27. The minimum Gasteiger partial charge on any atom is -0.480 e. The van der Waals surface area contributed by atoms with Crippen molar-refractivity contribution in [3.05, 3.63) is 36.0 Å². The molecular weight excluding hydrogens is 504 g/mol. The largest absolute Gasteiger partial charge is 0.480 e. The summed E-state index contributed by atoms with van der Waals surface area (Å²) in [6.45, 7) is 5.43. The molecule has 0 aliphatic rings. The highest BCUT2D eigenvalue weighted by Crippen LogP contribution is 2.19. The molecule has 12 heteroatoms. The molecule has 0 bridgehead atoms. The van der Waals surface area contributed by atoms with E-state index in [1.807, 2.05) is 38.1 Å². The number of aliphatic hydroxyl groups is 1. The second-order valence-electron chi connectivity index (χ2n) is 9.95. The Hall–Kier alpha value is -3.48. The summed E-state index contributed by atoms with van der Waals surface area (Å²) in [5.74, 6) is -3.47. The van der Waals surface area contributed by atoms with E-state index in [0.29, 0.717) is 25.8 Å². The number of aromatic amines is 1. The molecule has 1 aromatic carbocycles. The van der Waals surface area contributed by atoms with Crippen LogP contribution in [0.4, 0.5) is 0 Å². The normalized spacial score (nSPS) is 15.9. The fraction of sp³-hybridized carbons (Fsp3) is 0.556. The molecule has 10 N–H and O–H groups in total. The van der Waals surface area contributed by atoms with Gasteiger partial charge in [-0.3, -0.25) is 14.4 Å². The Bertz CT molecular complexity index is 1120. The molecule has 0 saturated carbocycles. The smallest absolute Gasteiger partial charge is 0.326 e. The van der Waals surface area contributed by atoms with Crippen LogP contribution in [0.1, 0.15) is 52.0 Å². The van der Waals surface area contributed by atoms with E-state index in [0.717, 1.165) is 16.5 Å². The number of H-pyrrole nitrogens is 1. The lowest BCUT2D eigenvalue weighted by Crippen LogP contribution is -2.60. The third kappa shape index (κ3) is 9.05. The lowest BCUT2D eigenvalue weighted by atomic mass is 9.98. The molecule has 6 atom stereocenters. The summed E-state index contributed by atoms with van der Waals surface area (Å²) in [6, 6.07) is 2.84. The average molecular weight is 547 g/mol. The predicted molar refractivity (Wildman–Crippen MR) is 147 cm³/mol. The topological polar surface area (TPSA) is 213 Å². The van der Waals surface area contributed by atoms with Gasteiger partial charge in [-0.15, -0.1) is 0 Å². The maximum absolute atomic E-state index is 13.5. The molecule has 12 nitrogen and oxygen atoms in total. The monoisotopic (exact) mass is 546 g/mol. The number of para-hydroxylation sites is 1. The SMILES string of the molecule is CCC(C)C(N)C(=O)NC(Cc1c[nH]c2ccccc12)C(=O)NC(C(=O)NC(CCCCN)C(=O)O)C(C)O. The van der Waals surface area contributed by atoms with Gasteiger partial charge in [0.25, 0.3) is 0 Å². The van der Waals surface area contributed by atoms with Gasteiger partial charge in [0.15, 0.2) is 0 Å². The van der Waals surface area contributed by atoms with Crippen molar-refractivity contribution in [3.8, 4) is 0 Å². The van der Waals surface area contributed by atoms with Gasteiger partial charge >= 0.3 is 5.97 Å². The van der Waals surface area contributed by atoms with E-state index in [-0.39, 0.29) is 18.8 Å². The minimum absolute atomic E-state index is 0.0831. The lowest BCUT2D eigenvalue weighted by molar-refractivity contribution is -0.143. The molecule has 39 heavy (non-hydrogen) atoms. The third-order valence-electron chi connectivity index (χ3n) is 6.92. The van der Waals surface area contributed by atoms with Gasteiger partial charge in [0, 0.05) is 23.5 Å². The van der Waals surface area contributed by atoms with Crippen molar-refractivity contribution in [2.45, 2.75) is 83.1 Å². The number of carbonyl (C=O) groups excluding carboxylic acids is 3. The van der Waals surface area contributed by atoms with E-state index in [4.69, 9.17) is 11.5 Å². The van der Waals surface area contributed by atoms with Gasteiger partial charge in [0.1, 0.15) is 18.1 Å². The van der Waals surface area contributed by atoms with Crippen LogP contribution in [0.2, 0.25) is 0 Å². The van der Waals surface area contributed by atoms with Crippen LogP contribution in [0.5, 0.6) is 0 Å². The fourth-order valence-corrected chi connectivity index (χ4v) is 4.18. The first-order chi connectivity index (χ1) is 18.5. The molecule has 3 amide bonds. The molecule has 0 aliphatic carbocycles. The number of nitrogens with two attached hydrogens (primary N) is 2. The molecule has 0 aliphatic heterocycles. The van der Waals surface area contributed by atoms with Crippen molar-refractivity contribution < 1.29 is 29.4 Å². The zero-order valence-corrected chi connectivity index (χ0v) is 22.8. The molecule has 6 unspecified atom stereocenters. The number of fused-ring (bicyclic) bond motifs is 1. The van der Waals surface area contributed by atoms with Crippen LogP contribution < -0.4 is 27.4 Å². The molecule has 1 aromatic heterocycles. The number of aromatic nitrogens is 1. The van der Waals surface area contributed by atoms with E-state index < -0.39 is 54.0 Å². The fourth-order valence-electron chi connectivity index (χ4n) is 4.18. The number of carboxylic acid groups (broad SMARTS) is 1. The summed E-state index contributed by atoms with van der Waals surface area (Å²) < 4.78 is 0. The van der Waals surface area contributed by atoms with E-state index in [9.17, 15) is 29.4 Å². The Morgan fingerprint density at radius 3 is 2.26 bits per heavy atom. The number of aliphatic hydroxyl groups excluding tert-OH is 1. The van der Waals surface area contributed by atoms with Gasteiger partial charge in [-0.1, -0.05) is 38.5 Å². The second kappa shape index (κ2) is 15.2. The number of carbonyl (C=O) groups is 4. The molecule has 2 aromatic rings. The van der Waals surface area contributed by atoms with E-state index >= 15 is 0 Å². The van der Waals surface area contributed by atoms with Crippen LogP contribution in [0.15, 0.2) is 30.5 Å². The molecule has 0 fully saturated rings. The van der Waals surface area contributed by atoms with Crippen LogP contribution in [0.3, 0.4) is 0 Å². The van der Waals surface area contributed by atoms with Crippen molar-refractivity contribution in [2.75, 3.05) is 6.54 Å². The summed E-state index contributed by atoms with van der Waals surface area (Å²) in [7, 11) is 0. The Labute approximate surface area is 228 Å². The van der Waals surface area contributed by atoms with Gasteiger partial charge < -0.3 is 42.6 Å². The first-order valence-electron chi connectivity index (χ1n) is 13.3. The van der Waals surface area contributed by atoms with Gasteiger partial charge in [0.05, 0.1) is 12.1 Å². The van der Waals surface area contributed by atoms with Crippen LogP contribution in [-0.2, 0) is 25.6 Å². The van der Waals surface area contributed by atoms with Crippen molar-refractivity contribution in [1.29, 1.82) is 0 Å². The number of amides is 3. The Morgan fingerprint density at radius 2 is 1.64 bits per heavy atom. The summed E-state index contributed by atoms with van der Waals surface area (Å²) in [6.07, 6.45) is 2.35. The molecule has 0 saturated heterocycles. The number of aliphatic carboxylic acids is 1. The van der Waals surface area contributed by atoms with E-state index in [1.165, 1.54) is 6.92 Å². The average Bonchev–Trinajstić information content (AvgIpc) is 3.32. The molecule has 0 radical (unpaired) electrons. The van der Waals surface area contributed by atoms with E-state index in [1.54, 1.807) is 6.20 Å². The van der Waals surface area contributed by atoms with Crippen LogP contribution in [0, 0.1) is 5.92 Å². The highest BCUT2D eigenvalue weighted by molar-refractivity contribution is 5.95. The number of rotatable bonds is 16. The first-order valence-corrected chi connectivity index (χ1v) is 13.3. The standard InChI is InChI=1S/C27H42N6O6/c1-4-15(2)22(29)25(36)32-21(13-17-14-30-19-10-6-5-9-18(17)19)24(35)33-23(16(3)34)26(37)31-20(27(38)39)11-7-8-12-28/h5-6,9-10,14-16,20-23,30,34H,4,7-8,11-13,28-29H2,1-3H3,(H,31,37)(H,32,36)(H,33,35)(H,38,39). The second-order valence-corrected chi connectivity index (χ2v) is 9.95. The summed E-state index contributed by atoms with van der Waals surface area (Å²) in [5, 5.41) is 28.2. The molecule has 0 spiro atoms. The van der Waals surface area contributed by atoms with Crippen LogP contribution in [0.25, 0.3) is 10.9 Å². The van der Waals surface area contributed by atoms with Crippen LogP contribution >= 0.6 is 0 Å². The zero-order valence-electron chi connectivity index (χ0n) is 22.8. The van der Waals surface area contributed by atoms with Crippen LogP contribution in [-0.4, -0.2) is 75.7 Å². The number of hydrogen-bond donors (Lipinski definition) is 8. The zero-order chi connectivity index (χ0) is 29.1. The maximum Gasteiger partial charge on any atom is 0.326 e. The summed E-state index contributed by atoms with van der Waals surface area (Å²) >= 11 is 0. The molecule has 216 valence electrons. The number of unbranched alkanes of at least 4 members (excludes halogenated alkanes) is 1. The predicted octanol–water partition coefficient (Wildman–Crippen LogP) is 0.133. The Balaban J connectivity index is 2.26. The number of nitrogens with one attached hydrogen (secondary N) is 4. The Morgan fingerprint density at radius 1 is 0.974 bits per heavy atom. The van der Waals surface area contributed by atoms with Gasteiger partial charge in [-0.25, -0.2) is 4.79 Å². The molecule has 1 heterocycles. The van der Waals surface area contributed by atoms with Crippen molar-refractivity contribution in [3.63, 3.8) is 0 Å². The van der Waals surface area contributed by atoms with Crippen molar-refractivity contribution in [2.24, 2.45) is 17.4 Å². The number of carboxylic acids is 1. The van der Waals surface area contributed by atoms with Gasteiger partial charge in [0.2, 0.25) is 17.7 Å². The van der Waals surface area contributed by atoms with Gasteiger partial charge in [-0.2, -0.15) is 0 Å². The minimum atomic E-state index is -1.46. The van der Waals surface area contributed by atoms with Crippen molar-refractivity contribution in [1.82, 2.24) is 20.9 Å². The number of hydrogen-bond acceptors (Lipinski definition) is 7. The Kier molecular flexibility index (Phi) is 12.4. The maximum atomic E-state index is 13.5. The first kappa shape index (κ1) is 31.7. The summed E-state index contributed by atoms with van der Waals surface area (Å²) in [5.41, 5.74) is 13.2. The number of benzene rings is 1. The highest BCUT2D eigenvalue weighted by Gasteiger charge is 2.33. The van der Waals surface area contributed by atoms with E-state index in [2.05, 4.69) is 20.9 Å². The quantitative estimate of drug-likeness (QED) is 0.135. The highest BCUT2D eigenvalue weighted by atomic mass is 16.4. The van der Waals surface area contributed by atoms with Crippen molar-refractivity contribution >= 4 is 34.6 Å². The molecule has 2 rings (SSSR count).